The van der Waals surface area contributed by atoms with Gasteiger partial charge >= 0.3 is 0 Å². The predicted octanol–water partition coefficient (Wildman–Crippen LogP) is 3.22. The van der Waals surface area contributed by atoms with E-state index in [0.29, 0.717) is 5.92 Å². The highest BCUT2D eigenvalue weighted by Gasteiger charge is 2.62. The first kappa shape index (κ1) is 7.51. The molecule has 0 bridgehead atoms. The molecule has 2 fully saturated rings. The van der Waals surface area contributed by atoms with Crippen LogP contribution in [0.1, 0.15) is 39.0 Å². The first-order valence-electron chi connectivity index (χ1n) is 4.46. The van der Waals surface area contributed by atoms with Gasteiger partial charge in [0.25, 0.3) is 0 Å². The van der Waals surface area contributed by atoms with Gasteiger partial charge in [-0.3, -0.25) is 0 Å². The van der Waals surface area contributed by atoms with Gasteiger partial charge in [0.05, 0.1) is 0 Å². The molecule has 2 rings (SSSR count). The minimum atomic E-state index is -2.31. The Kier molecular flexibility index (Phi) is 1.34. The molecular weight excluding hydrogens is 146 g/mol. The summed E-state index contributed by atoms with van der Waals surface area (Å²) < 4.78 is 25.1. The van der Waals surface area contributed by atoms with E-state index in [0.717, 1.165) is 12.8 Å². The highest BCUT2D eigenvalue weighted by Crippen LogP contribution is 2.66. The quantitative estimate of drug-likeness (QED) is 0.552. The summed E-state index contributed by atoms with van der Waals surface area (Å²) in [6.07, 6.45) is 3.70. The van der Waals surface area contributed by atoms with Crippen LogP contribution in [0, 0.1) is 11.3 Å². The van der Waals surface area contributed by atoms with Crippen molar-refractivity contribution >= 4 is 0 Å². The monoisotopic (exact) mass is 160 g/mol. The average molecular weight is 160 g/mol. The molecule has 0 aliphatic heterocycles. The van der Waals surface area contributed by atoms with Crippen molar-refractivity contribution in [1.29, 1.82) is 0 Å². The van der Waals surface area contributed by atoms with Crippen molar-refractivity contribution in [1.82, 2.24) is 0 Å². The van der Waals surface area contributed by atoms with Gasteiger partial charge in [0.15, 0.2) is 0 Å². The summed E-state index contributed by atoms with van der Waals surface area (Å²) in [5.74, 6) is -1.70. The zero-order valence-electron chi connectivity index (χ0n) is 6.87. The molecule has 64 valence electrons. The highest BCUT2D eigenvalue weighted by atomic mass is 19.3. The summed E-state index contributed by atoms with van der Waals surface area (Å²) in [7, 11) is 0. The van der Waals surface area contributed by atoms with E-state index in [1.165, 1.54) is 6.42 Å². The largest absolute Gasteiger partial charge is 0.249 e. The summed E-state index contributed by atoms with van der Waals surface area (Å²) >= 11 is 0. The van der Waals surface area contributed by atoms with Crippen LogP contribution < -0.4 is 0 Å². The molecule has 0 amide bonds. The van der Waals surface area contributed by atoms with Crippen LogP contribution in [0.4, 0.5) is 8.78 Å². The van der Waals surface area contributed by atoms with Crippen LogP contribution >= 0.6 is 0 Å². The first-order valence-corrected chi connectivity index (χ1v) is 4.46. The molecule has 2 aliphatic carbocycles. The molecule has 0 aromatic heterocycles. The van der Waals surface area contributed by atoms with Crippen LogP contribution in [-0.4, -0.2) is 5.92 Å². The van der Waals surface area contributed by atoms with E-state index in [1.807, 2.05) is 0 Å². The maximum Gasteiger partial charge on any atom is 0.249 e. The van der Waals surface area contributed by atoms with E-state index in [2.05, 4.69) is 6.92 Å². The minimum absolute atomic E-state index is 0.0955. The molecule has 0 nitrogen and oxygen atoms in total. The average Bonchev–Trinajstić information content (AvgIpc) is 1.81. The summed E-state index contributed by atoms with van der Waals surface area (Å²) in [4.78, 5) is 0. The van der Waals surface area contributed by atoms with E-state index in [-0.39, 0.29) is 18.3 Å². The summed E-state index contributed by atoms with van der Waals surface area (Å²) in [6.45, 7) is 2.11. The van der Waals surface area contributed by atoms with E-state index >= 15 is 0 Å². The molecule has 2 saturated carbocycles. The molecule has 11 heavy (non-hydrogen) atoms. The van der Waals surface area contributed by atoms with E-state index in [9.17, 15) is 8.78 Å². The minimum Gasteiger partial charge on any atom is -0.207 e. The Morgan fingerprint density at radius 3 is 2.27 bits per heavy atom. The van der Waals surface area contributed by atoms with Crippen molar-refractivity contribution < 1.29 is 8.78 Å². The fourth-order valence-corrected chi connectivity index (χ4v) is 2.84. The number of hydrogen-bond acceptors (Lipinski definition) is 0. The molecule has 2 heteroatoms. The number of halogens is 2. The molecule has 0 aromatic rings. The van der Waals surface area contributed by atoms with Gasteiger partial charge in [-0.25, -0.2) is 8.78 Å². The lowest BCUT2D eigenvalue weighted by atomic mass is 9.48. The van der Waals surface area contributed by atoms with E-state index in [4.69, 9.17) is 0 Å². The van der Waals surface area contributed by atoms with Crippen molar-refractivity contribution in [2.75, 3.05) is 0 Å². The maximum atomic E-state index is 12.6. The van der Waals surface area contributed by atoms with E-state index < -0.39 is 5.92 Å². The molecule has 0 saturated heterocycles. The zero-order chi connectivity index (χ0) is 8.11. The molecule has 0 radical (unpaired) electrons. The second-order valence-corrected chi connectivity index (χ2v) is 4.22. The van der Waals surface area contributed by atoms with E-state index in [1.54, 1.807) is 0 Å². The molecule has 0 N–H and O–H groups in total. The fraction of sp³-hybridized carbons (Fsp3) is 1.00. The maximum absolute atomic E-state index is 12.6. The van der Waals surface area contributed by atoms with Gasteiger partial charge in [-0.1, -0.05) is 13.3 Å². The Balaban J connectivity index is 1.97. The van der Waals surface area contributed by atoms with Gasteiger partial charge in [0.2, 0.25) is 5.92 Å². The van der Waals surface area contributed by atoms with Crippen molar-refractivity contribution in [3.8, 4) is 0 Å². The Morgan fingerprint density at radius 2 is 2.00 bits per heavy atom. The Bertz CT molecular complexity index is 164. The highest BCUT2D eigenvalue weighted by molar-refractivity contribution is 5.07. The molecular formula is C9H14F2. The number of alkyl halides is 2. The second-order valence-electron chi connectivity index (χ2n) is 4.22. The molecule has 1 spiro atoms. The van der Waals surface area contributed by atoms with Crippen molar-refractivity contribution in [3.63, 3.8) is 0 Å². The lowest BCUT2D eigenvalue weighted by Crippen LogP contribution is -2.55. The number of rotatable bonds is 1. The van der Waals surface area contributed by atoms with Crippen molar-refractivity contribution in [2.45, 2.75) is 45.0 Å². The third-order valence-corrected chi connectivity index (χ3v) is 3.57. The Morgan fingerprint density at radius 1 is 1.36 bits per heavy atom. The second kappa shape index (κ2) is 1.96. The zero-order valence-corrected chi connectivity index (χ0v) is 6.87. The van der Waals surface area contributed by atoms with Gasteiger partial charge in [-0.05, 0) is 24.2 Å². The first-order chi connectivity index (χ1) is 5.08. The standard InChI is InChI=1S/C9H14F2/c1-2-7-3-4-8(7)5-9(10,11)6-8/h7H,2-6H2,1H3. The smallest absolute Gasteiger partial charge is 0.207 e. The summed E-state index contributed by atoms with van der Waals surface area (Å²) in [5, 5.41) is 0. The van der Waals surface area contributed by atoms with Crippen LogP contribution in [0.3, 0.4) is 0 Å². The van der Waals surface area contributed by atoms with Gasteiger partial charge < -0.3 is 0 Å². The van der Waals surface area contributed by atoms with Crippen LogP contribution in [0.25, 0.3) is 0 Å². The summed E-state index contributed by atoms with van der Waals surface area (Å²) in [6, 6.07) is 0. The Labute approximate surface area is 66.0 Å². The lowest BCUT2D eigenvalue weighted by Gasteiger charge is -2.59. The van der Waals surface area contributed by atoms with Crippen LogP contribution in [0.5, 0.6) is 0 Å². The van der Waals surface area contributed by atoms with Crippen molar-refractivity contribution in [3.05, 3.63) is 0 Å². The lowest BCUT2D eigenvalue weighted by molar-refractivity contribution is -0.219. The van der Waals surface area contributed by atoms with Crippen molar-refractivity contribution in [2.24, 2.45) is 11.3 Å². The SMILES string of the molecule is CCC1CCC12CC(F)(F)C2. The molecule has 2 aliphatic rings. The predicted molar refractivity (Wildman–Crippen MR) is 39.6 cm³/mol. The van der Waals surface area contributed by atoms with Crippen LogP contribution in [0.15, 0.2) is 0 Å². The van der Waals surface area contributed by atoms with Gasteiger partial charge in [0.1, 0.15) is 0 Å². The number of hydrogen-bond donors (Lipinski definition) is 0. The molecule has 1 atom stereocenters. The topological polar surface area (TPSA) is 0 Å². The van der Waals surface area contributed by atoms with Gasteiger partial charge in [0, 0.05) is 12.8 Å². The molecule has 0 heterocycles. The molecule has 1 unspecified atom stereocenters. The van der Waals surface area contributed by atoms with Gasteiger partial charge in [-0.2, -0.15) is 0 Å². The third-order valence-electron chi connectivity index (χ3n) is 3.57. The normalized spacial score (nSPS) is 37.9. The van der Waals surface area contributed by atoms with Gasteiger partial charge in [-0.15, -0.1) is 0 Å². The van der Waals surface area contributed by atoms with Crippen LogP contribution in [-0.2, 0) is 0 Å². The van der Waals surface area contributed by atoms with Crippen LogP contribution in [0.2, 0.25) is 0 Å². The third kappa shape index (κ3) is 0.911. The summed E-state index contributed by atoms with van der Waals surface area (Å²) in [5.41, 5.74) is 0.0955. The Hall–Kier alpha value is -0.140. The fourth-order valence-electron chi connectivity index (χ4n) is 2.84. The molecule has 0 aromatic carbocycles.